The van der Waals surface area contributed by atoms with Crippen LogP contribution >= 0.6 is 23.4 Å². The molecule has 1 aliphatic rings. The average molecular weight is 424 g/mol. The van der Waals surface area contributed by atoms with Crippen LogP contribution in [0.25, 0.3) is 11.3 Å². The Morgan fingerprint density at radius 2 is 2.00 bits per heavy atom. The van der Waals surface area contributed by atoms with Crippen molar-refractivity contribution in [3.05, 3.63) is 58.6 Å². The van der Waals surface area contributed by atoms with Crippen molar-refractivity contribution in [1.29, 1.82) is 5.26 Å². The van der Waals surface area contributed by atoms with Crippen LogP contribution in [-0.2, 0) is 4.79 Å². The number of rotatable bonds is 2. The number of carbonyl (C=O) groups is 1. The normalized spacial score (nSPS) is 14.8. The third kappa shape index (κ3) is 3.50. The molecule has 1 aliphatic heterocycles. The molecule has 7 nitrogen and oxygen atoms in total. The first-order chi connectivity index (χ1) is 14.0. The molecule has 0 fully saturated rings. The fraction of sp³-hybridized carbons (Fsp3) is 0.150. The van der Waals surface area contributed by atoms with Crippen LogP contribution < -0.4 is 9.64 Å². The van der Waals surface area contributed by atoms with Gasteiger partial charge in [0.15, 0.2) is 5.69 Å². The lowest BCUT2D eigenvalue weighted by Crippen LogP contribution is -2.36. The van der Waals surface area contributed by atoms with E-state index in [2.05, 4.69) is 21.3 Å². The molecule has 2 aromatic carbocycles. The molecule has 0 N–H and O–H groups in total. The molecule has 1 amide bonds. The van der Waals surface area contributed by atoms with E-state index in [0.717, 1.165) is 0 Å². The molecule has 0 aliphatic carbocycles. The SMILES string of the molecule is CSc1nnc2c(n1)OC(c1ccc(C#N)cc1)N(C(C)=O)c1ccc(Cl)cc1-2. The first-order valence-corrected chi connectivity index (χ1v) is 10.2. The van der Waals surface area contributed by atoms with Gasteiger partial charge in [-0.3, -0.25) is 9.69 Å². The van der Waals surface area contributed by atoms with Gasteiger partial charge in [0.25, 0.3) is 0 Å². The molecular formula is C20H14ClN5O2S. The highest BCUT2D eigenvalue weighted by molar-refractivity contribution is 7.98. The molecule has 29 heavy (non-hydrogen) atoms. The van der Waals surface area contributed by atoms with Gasteiger partial charge >= 0.3 is 0 Å². The number of carbonyl (C=O) groups excluding carboxylic acids is 1. The van der Waals surface area contributed by atoms with Gasteiger partial charge in [-0.15, -0.1) is 10.2 Å². The van der Waals surface area contributed by atoms with Gasteiger partial charge in [-0.05, 0) is 36.6 Å². The molecule has 0 bridgehead atoms. The van der Waals surface area contributed by atoms with E-state index in [1.54, 1.807) is 42.5 Å². The van der Waals surface area contributed by atoms with Crippen LogP contribution in [0.5, 0.6) is 5.88 Å². The van der Waals surface area contributed by atoms with Gasteiger partial charge in [-0.2, -0.15) is 10.2 Å². The second kappa shape index (κ2) is 7.70. The van der Waals surface area contributed by atoms with Crippen LogP contribution in [0.4, 0.5) is 5.69 Å². The number of halogens is 1. The summed E-state index contributed by atoms with van der Waals surface area (Å²) in [5.41, 5.74) is 2.80. The standard InChI is InChI=1S/C20H14ClN5O2S/c1-11(27)26-16-8-7-14(21)9-15(16)17-18(23-20(29-2)25-24-17)28-19(26)13-5-3-12(10-22)4-6-13/h3-9,19H,1-2H3. The third-order valence-corrected chi connectivity index (χ3v) is 5.19. The van der Waals surface area contributed by atoms with E-state index < -0.39 is 6.23 Å². The summed E-state index contributed by atoms with van der Waals surface area (Å²) in [7, 11) is 0. The highest BCUT2D eigenvalue weighted by Crippen LogP contribution is 2.44. The van der Waals surface area contributed by atoms with Gasteiger partial charge in [-0.25, -0.2) is 0 Å². The van der Waals surface area contributed by atoms with Gasteiger partial charge < -0.3 is 4.74 Å². The molecule has 3 aromatic rings. The van der Waals surface area contributed by atoms with Crippen molar-refractivity contribution in [2.24, 2.45) is 0 Å². The van der Waals surface area contributed by atoms with E-state index in [-0.39, 0.29) is 11.8 Å². The summed E-state index contributed by atoms with van der Waals surface area (Å²) in [6, 6.07) is 14.1. The van der Waals surface area contributed by atoms with Crippen molar-refractivity contribution >= 4 is 35.0 Å². The number of nitriles is 1. The van der Waals surface area contributed by atoms with Crippen molar-refractivity contribution in [3.8, 4) is 23.2 Å². The first kappa shape index (κ1) is 19.2. The Bertz CT molecular complexity index is 1150. The van der Waals surface area contributed by atoms with Gasteiger partial charge in [0, 0.05) is 23.1 Å². The monoisotopic (exact) mass is 423 g/mol. The van der Waals surface area contributed by atoms with Crippen molar-refractivity contribution in [1.82, 2.24) is 15.2 Å². The largest absolute Gasteiger partial charge is 0.447 e. The maximum atomic E-state index is 12.7. The van der Waals surface area contributed by atoms with Gasteiger partial charge in [0.2, 0.25) is 23.2 Å². The minimum absolute atomic E-state index is 0.228. The zero-order valence-corrected chi connectivity index (χ0v) is 17.0. The molecule has 0 saturated heterocycles. The van der Waals surface area contributed by atoms with E-state index in [1.165, 1.54) is 23.6 Å². The van der Waals surface area contributed by atoms with Crippen LogP contribution in [0.15, 0.2) is 47.6 Å². The van der Waals surface area contributed by atoms with Gasteiger partial charge in [-0.1, -0.05) is 35.5 Å². The maximum Gasteiger partial charge on any atom is 0.247 e. The molecular weight excluding hydrogens is 410 g/mol. The lowest BCUT2D eigenvalue weighted by atomic mass is 10.1. The summed E-state index contributed by atoms with van der Waals surface area (Å²) in [4.78, 5) is 18.7. The predicted octanol–water partition coefficient (Wildman–Crippen LogP) is 4.23. The van der Waals surface area contributed by atoms with Crippen molar-refractivity contribution < 1.29 is 9.53 Å². The topological polar surface area (TPSA) is 92.0 Å². The highest BCUT2D eigenvalue weighted by Gasteiger charge is 2.34. The van der Waals surface area contributed by atoms with Crippen molar-refractivity contribution in [2.45, 2.75) is 18.3 Å². The van der Waals surface area contributed by atoms with Crippen LogP contribution in [0.3, 0.4) is 0 Å². The minimum atomic E-state index is -0.798. The van der Waals surface area contributed by atoms with Gasteiger partial charge in [0.05, 0.1) is 17.3 Å². The summed E-state index contributed by atoms with van der Waals surface area (Å²) in [5, 5.41) is 18.4. The first-order valence-electron chi connectivity index (χ1n) is 8.57. The Morgan fingerprint density at radius 3 is 2.66 bits per heavy atom. The zero-order valence-electron chi connectivity index (χ0n) is 15.5. The van der Waals surface area contributed by atoms with Crippen molar-refractivity contribution in [2.75, 3.05) is 11.2 Å². The molecule has 1 aromatic heterocycles. The molecule has 2 heterocycles. The van der Waals surface area contributed by atoms with E-state index in [9.17, 15) is 4.79 Å². The molecule has 144 valence electrons. The summed E-state index contributed by atoms with van der Waals surface area (Å²) >= 11 is 7.56. The summed E-state index contributed by atoms with van der Waals surface area (Å²) in [5.74, 6) is 0.0276. The zero-order chi connectivity index (χ0) is 20.5. The number of ether oxygens (including phenoxy) is 1. The van der Waals surface area contributed by atoms with Crippen LogP contribution in [0.2, 0.25) is 5.02 Å². The second-order valence-corrected chi connectivity index (χ2v) is 7.42. The average Bonchev–Trinajstić information content (AvgIpc) is 2.87. The van der Waals surface area contributed by atoms with Crippen LogP contribution in [0.1, 0.15) is 24.3 Å². The Labute approximate surface area is 176 Å². The number of aromatic nitrogens is 3. The number of hydrogen-bond donors (Lipinski definition) is 0. The quantitative estimate of drug-likeness (QED) is 0.569. The highest BCUT2D eigenvalue weighted by atomic mass is 35.5. The number of hydrogen-bond acceptors (Lipinski definition) is 7. The number of benzene rings is 2. The number of fused-ring (bicyclic) bond motifs is 3. The van der Waals surface area contributed by atoms with Crippen molar-refractivity contribution in [3.63, 3.8) is 0 Å². The summed E-state index contributed by atoms with van der Waals surface area (Å²) in [6.45, 7) is 1.46. The summed E-state index contributed by atoms with van der Waals surface area (Å²) in [6.07, 6.45) is 1.04. The lowest BCUT2D eigenvalue weighted by Gasteiger charge is -2.30. The maximum absolute atomic E-state index is 12.7. The number of thioether (sulfide) groups is 1. The molecule has 9 heteroatoms. The Hall–Kier alpha value is -3.15. The van der Waals surface area contributed by atoms with E-state index in [4.69, 9.17) is 21.6 Å². The molecule has 1 atom stereocenters. The minimum Gasteiger partial charge on any atom is -0.447 e. The summed E-state index contributed by atoms with van der Waals surface area (Å²) < 4.78 is 6.21. The second-order valence-electron chi connectivity index (χ2n) is 6.21. The Balaban J connectivity index is 1.97. The van der Waals surface area contributed by atoms with Crippen LogP contribution in [-0.4, -0.2) is 27.3 Å². The fourth-order valence-corrected chi connectivity index (χ4v) is 3.57. The van der Waals surface area contributed by atoms with Crippen LogP contribution in [0, 0.1) is 11.3 Å². The molecule has 0 saturated carbocycles. The smallest absolute Gasteiger partial charge is 0.247 e. The van der Waals surface area contributed by atoms with E-state index in [0.29, 0.717) is 38.3 Å². The third-order valence-electron chi connectivity index (χ3n) is 4.41. The molecule has 1 unspecified atom stereocenters. The fourth-order valence-electron chi connectivity index (χ4n) is 3.10. The Kier molecular flexibility index (Phi) is 5.09. The predicted molar refractivity (Wildman–Crippen MR) is 110 cm³/mol. The number of anilines is 1. The van der Waals surface area contributed by atoms with E-state index in [1.807, 2.05) is 6.26 Å². The molecule has 4 rings (SSSR count). The van der Waals surface area contributed by atoms with E-state index >= 15 is 0 Å². The number of nitrogens with zero attached hydrogens (tertiary/aromatic N) is 5. The molecule has 0 spiro atoms. The Morgan fingerprint density at radius 1 is 1.24 bits per heavy atom. The molecule has 0 radical (unpaired) electrons. The van der Waals surface area contributed by atoms with Gasteiger partial charge in [0.1, 0.15) is 0 Å². The number of amides is 1. The lowest BCUT2D eigenvalue weighted by molar-refractivity contribution is -0.118.